The summed E-state index contributed by atoms with van der Waals surface area (Å²) in [5.74, 6) is 0.754. The molecule has 26 heavy (non-hydrogen) atoms. The molecule has 0 unspecified atom stereocenters. The van der Waals surface area contributed by atoms with E-state index in [4.69, 9.17) is 0 Å². The topological polar surface area (TPSA) is 87.7 Å². The fourth-order valence-electron chi connectivity index (χ4n) is 2.62. The summed E-state index contributed by atoms with van der Waals surface area (Å²) in [5.41, 5.74) is 2.36. The first-order chi connectivity index (χ1) is 12.7. The smallest absolute Gasteiger partial charge is 0.224 e. The van der Waals surface area contributed by atoms with E-state index in [1.54, 1.807) is 0 Å². The van der Waals surface area contributed by atoms with Gasteiger partial charge in [-0.2, -0.15) is 5.10 Å². The number of Topliss-reactive ketones (excluding diaryl/α,β-unsaturated/α-hetero) is 1. The third kappa shape index (κ3) is 4.86. The number of aromatic amines is 1. The summed E-state index contributed by atoms with van der Waals surface area (Å²) in [6.07, 6.45) is 3.69. The van der Waals surface area contributed by atoms with Crippen LogP contribution in [0.15, 0.2) is 60.9 Å². The molecule has 1 heterocycles. The minimum atomic E-state index is -0.0513. The zero-order chi connectivity index (χ0) is 18.2. The molecule has 0 aliphatic carbocycles. The summed E-state index contributed by atoms with van der Waals surface area (Å²) in [6.45, 7) is 0. The van der Waals surface area contributed by atoms with Crippen molar-refractivity contribution < 1.29 is 9.59 Å². The first kappa shape index (κ1) is 17.5. The Morgan fingerprint density at radius 2 is 1.65 bits per heavy atom. The Bertz CT molecular complexity index is 843. The molecule has 1 aromatic heterocycles. The number of ketones is 1. The van der Waals surface area contributed by atoms with Gasteiger partial charge in [0, 0.05) is 29.7 Å². The van der Waals surface area contributed by atoms with Gasteiger partial charge in [-0.3, -0.25) is 14.7 Å². The molecule has 1 amide bonds. The molecule has 6 nitrogen and oxygen atoms in total. The number of amides is 1. The Morgan fingerprint density at radius 3 is 2.35 bits per heavy atom. The molecule has 132 valence electrons. The van der Waals surface area contributed by atoms with Crippen LogP contribution < -0.4 is 5.32 Å². The molecule has 0 saturated carbocycles. The number of hydrogen-bond acceptors (Lipinski definition) is 4. The van der Waals surface area contributed by atoms with Gasteiger partial charge < -0.3 is 5.32 Å². The number of carbonyl (C=O) groups is 2. The van der Waals surface area contributed by atoms with Gasteiger partial charge >= 0.3 is 0 Å². The predicted octanol–water partition coefficient (Wildman–Crippen LogP) is 3.85. The van der Waals surface area contributed by atoms with Crippen LogP contribution in [-0.2, 0) is 4.79 Å². The van der Waals surface area contributed by atoms with Crippen LogP contribution in [0.1, 0.15) is 36.0 Å². The molecule has 2 aromatic carbocycles. The number of H-pyrrole nitrogens is 1. The SMILES string of the molecule is O=C(CCCCC(=O)c1ccccc1)Nc1ccc(-c2ncn[nH]2)cc1. The van der Waals surface area contributed by atoms with E-state index in [9.17, 15) is 9.59 Å². The van der Waals surface area contributed by atoms with Crippen LogP contribution in [-0.4, -0.2) is 26.9 Å². The lowest BCUT2D eigenvalue weighted by Crippen LogP contribution is -2.11. The number of anilines is 1. The first-order valence-corrected chi connectivity index (χ1v) is 8.56. The average Bonchev–Trinajstić information content (AvgIpc) is 3.21. The lowest BCUT2D eigenvalue weighted by atomic mass is 10.0. The Balaban J connectivity index is 1.39. The van der Waals surface area contributed by atoms with Gasteiger partial charge in [-0.1, -0.05) is 30.3 Å². The largest absolute Gasteiger partial charge is 0.326 e. The summed E-state index contributed by atoms with van der Waals surface area (Å²) >= 11 is 0. The van der Waals surface area contributed by atoms with E-state index in [1.807, 2.05) is 54.6 Å². The van der Waals surface area contributed by atoms with Crippen LogP contribution in [0.25, 0.3) is 11.4 Å². The number of nitrogens with zero attached hydrogens (tertiary/aromatic N) is 2. The van der Waals surface area contributed by atoms with Crippen LogP contribution in [0.2, 0.25) is 0 Å². The molecule has 3 aromatic rings. The van der Waals surface area contributed by atoms with Crippen LogP contribution in [0, 0.1) is 0 Å². The van der Waals surface area contributed by atoms with Crippen molar-refractivity contribution in [1.82, 2.24) is 15.2 Å². The summed E-state index contributed by atoms with van der Waals surface area (Å²) < 4.78 is 0. The first-order valence-electron chi connectivity index (χ1n) is 8.56. The zero-order valence-corrected chi connectivity index (χ0v) is 14.3. The Kier molecular flexibility index (Phi) is 5.88. The molecule has 0 spiro atoms. The fraction of sp³-hybridized carbons (Fsp3) is 0.200. The van der Waals surface area contributed by atoms with Gasteiger partial charge in [-0.15, -0.1) is 0 Å². The molecule has 6 heteroatoms. The lowest BCUT2D eigenvalue weighted by molar-refractivity contribution is -0.116. The molecule has 3 rings (SSSR count). The van der Waals surface area contributed by atoms with Gasteiger partial charge in [0.05, 0.1) is 0 Å². The van der Waals surface area contributed by atoms with Crippen LogP contribution >= 0.6 is 0 Å². The van der Waals surface area contributed by atoms with Gasteiger partial charge in [0.25, 0.3) is 0 Å². The number of carbonyl (C=O) groups excluding carboxylic acids is 2. The quantitative estimate of drug-likeness (QED) is 0.478. The Hall–Kier alpha value is -3.28. The summed E-state index contributed by atoms with van der Waals surface area (Å²) in [6, 6.07) is 16.6. The summed E-state index contributed by atoms with van der Waals surface area (Å²) in [4.78, 5) is 28.1. The Labute approximate surface area is 151 Å². The molecule has 0 fully saturated rings. The normalized spacial score (nSPS) is 10.5. The maximum Gasteiger partial charge on any atom is 0.224 e. The molecule has 0 bridgehead atoms. The zero-order valence-electron chi connectivity index (χ0n) is 14.3. The van der Waals surface area contributed by atoms with Gasteiger partial charge in [0.15, 0.2) is 11.6 Å². The lowest BCUT2D eigenvalue weighted by Gasteiger charge is -2.06. The molecular weight excluding hydrogens is 328 g/mol. The molecule has 0 radical (unpaired) electrons. The van der Waals surface area contributed by atoms with Crippen LogP contribution in [0.3, 0.4) is 0 Å². The number of rotatable bonds is 8. The van der Waals surface area contributed by atoms with Crippen molar-refractivity contribution in [3.63, 3.8) is 0 Å². The molecule has 0 saturated heterocycles. The third-order valence-electron chi connectivity index (χ3n) is 4.01. The van der Waals surface area contributed by atoms with Crippen LogP contribution in [0.4, 0.5) is 5.69 Å². The highest BCUT2D eigenvalue weighted by Gasteiger charge is 2.07. The van der Waals surface area contributed by atoms with E-state index in [0.717, 1.165) is 16.8 Å². The van der Waals surface area contributed by atoms with Crippen molar-refractivity contribution in [2.45, 2.75) is 25.7 Å². The minimum Gasteiger partial charge on any atom is -0.326 e. The maximum atomic E-state index is 12.0. The van der Waals surface area contributed by atoms with E-state index in [0.29, 0.717) is 31.5 Å². The van der Waals surface area contributed by atoms with Crippen molar-refractivity contribution in [3.05, 3.63) is 66.5 Å². The molecule has 2 N–H and O–H groups in total. The predicted molar refractivity (Wildman–Crippen MR) is 99.7 cm³/mol. The van der Waals surface area contributed by atoms with Crippen molar-refractivity contribution in [3.8, 4) is 11.4 Å². The number of benzene rings is 2. The molecule has 0 atom stereocenters. The summed E-state index contributed by atoms with van der Waals surface area (Å²) in [7, 11) is 0. The summed E-state index contributed by atoms with van der Waals surface area (Å²) in [5, 5.41) is 9.47. The van der Waals surface area contributed by atoms with Crippen molar-refractivity contribution in [1.29, 1.82) is 0 Å². The van der Waals surface area contributed by atoms with E-state index in [-0.39, 0.29) is 11.7 Å². The monoisotopic (exact) mass is 348 g/mol. The second-order valence-corrected chi connectivity index (χ2v) is 5.96. The second kappa shape index (κ2) is 8.71. The van der Waals surface area contributed by atoms with E-state index >= 15 is 0 Å². The van der Waals surface area contributed by atoms with Gasteiger partial charge in [-0.05, 0) is 37.1 Å². The maximum absolute atomic E-state index is 12.0. The highest BCUT2D eigenvalue weighted by molar-refractivity contribution is 5.96. The van der Waals surface area contributed by atoms with E-state index in [1.165, 1.54) is 6.33 Å². The highest BCUT2D eigenvalue weighted by Crippen LogP contribution is 2.17. The number of nitrogens with one attached hydrogen (secondary N) is 2. The number of unbranched alkanes of at least 4 members (excludes halogenated alkanes) is 1. The average molecular weight is 348 g/mol. The van der Waals surface area contributed by atoms with E-state index in [2.05, 4.69) is 20.5 Å². The third-order valence-corrected chi connectivity index (χ3v) is 4.01. The highest BCUT2D eigenvalue weighted by atomic mass is 16.1. The Morgan fingerprint density at radius 1 is 0.923 bits per heavy atom. The molecule has 0 aliphatic rings. The van der Waals surface area contributed by atoms with Gasteiger partial charge in [0.1, 0.15) is 6.33 Å². The van der Waals surface area contributed by atoms with Crippen LogP contribution in [0.5, 0.6) is 0 Å². The van der Waals surface area contributed by atoms with Crippen molar-refractivity contribution in [2.75, 3.05) is 5.32 Å². The van der Waals surface area contributed by atoms with Crippen molar-refractivity contribution >= 4 is 17.4 Å². The minimum absolute atomic E-state index is 0.0513. The standard InChI is InChI=1S/C20H20N4O2/c25-18(15-6-2-1-3-7-15)8-4-5-9-19(26)23-17-12-10-16(11-13-17)20-21-14-22-24-20/h1-3,6-7,10-14H,4-5,8-9H2,(H,23,26)(H,21,22,24). The van der Waals surface area contributed by atoms with Crippen molar-refractivity contribution in [2.24, 2.45) is 0 Å². The second-order valence-electron chi connectivity index (χ2n) is 5.96. The number of hydrogen-bond donors (Lipinski definition) is 2. The fourth-order valence-corrected chi connectivity index (χ4v) is 2.62. The molecular formula is C20H20N4O2. The molecule has 0 aliphatic heterocycles. The number of aromatic nitrogens is 3. The van der Waals surface area contributed by atoms with Gasteiger partial charge in [-0.25, -0.2) is 4.98 Å². The van der Waals surface area contributed by atoms with Gasteiger partial charge in [0.2, 0.25) is 5.91 Å². The van der Waals surface area contributed by atoms with E-state index < -0.39 is 0 Å².